The van der Waals surface area contributed by atoms with E-state index in [-0.39, 0.29) is 0 Å². The van der Waals surface area contributed by atoms with Crippen LogP contribution in [0.1, 0.15) is 12.0 Å². The molecule has 1 aliphatic heterocycles. The molecule has 1 aromatic rings. The largest absolute Gasteiger partial charge is 0.313 e. The van der Waals surface area contributed by atoms with E-state index in [1.54, 1.807) is 0 Å². The molecule has 1 saturated heterocycles. The van der Waals surface area contributed by atoms with Crippen LogP contribution in [-0.2, 0) is 6.54 Å². The minimum Gasteiger partial charge on any atom is -0.313 e. The summed E-state index contributed by atoms with van der Waals surface area (Å²) in [6.07, 6.45) is 1.19. The Morgan fingerprint density at radius 1 is 1.44 bits per heavy atom. The van der Waals surface area contributed by atoms with E-state index in [2.05, 4.69) is 62.8 Å². The Morgan fingerprint density at radius 2 is 2.28 bits per heavy atom. The second-order valence-corrected chi connectivity index (χ2v) is 5.82. The SMILES string of the molecule is CN1CCNC(CCNCc2ccccc2Br)C1. The first-order valence-corrected chi connectivity index (χ1v) is 7.41. The van der Waals surface area contributed by atoms with Gasteiger partial charge in [-0.25, -0.2) is 0 Å². The first kappa shape index (κ1) is 14.0. The van der Waals surface area contributed by atoms with Gasteiger partial charge in [-0.1, -0.05) is 34.1 Å². The van der Waals surface area contributed by atoms with E-state index in [1.165, 1.54) is 23.0 Å². The number of hydrogen-bond acceptors (Lipinski definition) is 3. The molecule has 3 nitrogen and oxygen atoms in total. The zero-order valence-electron chi connectivity index (χ0n) is 11.0. The lowest BCUT2D eigenvalue weighted by Crippen LogP contribution is -2.49. The Kier molecular flexibility index (Phi) is 5.63. The van der Waals surface area contributed by atoms with Crippen molar-refractivity contribution in [1.82, 2.24) is 15.5 Å². The molecule has 0 spiro atoms. The Bertz CT molecular complexity index is 370. The van der Waals surface area contributed by atoms with Gasteiger partial charge in [-0.2, -0.15) is 0 Å². The van der Waals surface area contributed by atoms with Crippen LogP contribution in [0.5, 0.6) is 0 Å². The van der Waals surface area contributed by atoms with Gasteiger partial charge in [0.1, 0.15) is 0 Å². The van der Waals surface area contributed by atoms with Gasteiger partial charge in [0, 0.05) is 36.7 Å². The molecule has 1 atom stereocenters. The smallest absolute Gasteiger partial charge is 0.0220 e. The van der Waals surface area contributed by atoms with Gasteiger partial charge in [0.05, 0.1) is 0 Å². The molecule has 1 unspecified atom stereocenters. The number of halogens is 1. The highest BCUT2D eigenvalue weighted by Crippen LogP contribution is 2.15. The summed E-state index contributed by atoms with van der Waals surface area (Å²) in [7, 11) is 2.20. The van der Waals surface area contributed by atoms with E-state index in [4.69, 9.17) is 0 Å². The fraction of sp³-hybridized carbons (Fsp3) is 0.571. The Balaban J connectivity index is 1.65. The van der Waals surface area contributed by atoms with E-state index in [0.717, 1.165) is 26.2 Å². The molecule has 0 amide bonds. The van der Waals surface area contributed by atoms with Crippen LogP contribution in [0.3, 0.4) is 0 Å². The number of nitrogens with one attached hydrogen (secondary N) is 2. The molecule has 0 aromatic heterocycles. The van der Waals surface area contributed by atoms with Gasteiger partial charge in [0.25, 0.3) is 0 Å². The maximum Gasteiger partial charge on any atom is 0.0220 e. The summed E-state index contributed by atoms with van der Waals surface area (Å²) in [6.45, 7) is 5.44. The van der Waals surface area contributed by atoms with Crippen molar-refractivity contribution in [3.63, 3.8) is 0 Å². The molecule has 0 saturated carbocycles. The topological polar surface area (TPSA) is 27.3 Å². The third kappa shape index (κ3) is 4.35. The second kappa shape index (κ2) is 7.24. The monoisotopic (exact) mass is 311 g/mol. The highest BCUT2D eigenvalue weighted by molar-refractivity contribution is 9.10. The van der Waals surface area contributed by atoms with Crippen LogP contribution in [0, 0.1) is 0 Å². The van der Waals surface area contributed by atoms with E-state index in [1.807, 2.05) is 0 Å². The van der Waals surface area contributed by atoms with Crippen LogP contribution in [0.15, 0.2) is 28.7 Å². The average molecular weight is 312 g/mol. The number of likely N-dealkylation sites (N-methyl/N-ethyl adjacent to an activating group) is 1. The van der Waals surface area contributed by atoms with Crippen LogP contribution >= 0.6 is 15.9 Å². The molecule has 1 aromatic carbocycles. The van der Waals surface area contributed by atoms with Crippen LogP contribution in [0.4, 0.5) is 0 Å². The molecule has 4 heteroatoms. The van der Waals surface area contributed by atoms with Crippen molar-refractivity contribution in [1.29, 1.82) is 0 Å². The van der Waals surface area contributed by atoms with Crippen molar-refractivity contribution in [3.05, 3.63) is 34.3 Å². The summed E-state index contributed by atoms with van der Waals surface area (Å²) in [5.41, 5.74) is 1.33. The first-order valence-electron chi connectivity index (χ1n) is 6.62. The normalized spacial score (nSPS) is 21.1. The summed E-state index contributed by atoms with van der Waals surface area (Å²) in [5, 5.41) is 7.08. The molecule has 2 N–H and O–H groups in total. The molecule has 1 heterocycles. The number of benzene rings is 1. The van der Waals surface area contributed by atoms with Crippen LogP contribution in [0.2, 0.25) is 0 Å². The van der Waals surface area contributed by atoms with Gasteiger partial charge >= 0.3 is 0 Å². The lowest BCUT2D eigenvalue weighted by Gasteiger charge is -2.31. The second-order valence-electron chi connectivity index (χ2n) is 4.97. The van der Waals surface area contributed by atoms with E-state index >= 15 is 0 Å². The molecule has 18 heavy (non-hydrogen) atoms. The van der Waals surface area contributed by atoms with Gasteiger partial charge in [0.15, 0.2) is 0 Å². The van der Waals surface area contributed by atoms with Crippen molar-refractivity contribution in [3.8, 4) is 0 Å². The molecule has 0 aliphatic carbocycles. The van der Waals surface area contributed by atoms with Gasteiger partial charge in [-0.15, -0.1) is 0 Å². The molecule has 100 valence electrons. The fourth-order valence-electron chi connectivity index (χ4n) is 2.33. The number of hydrogen-bond donors (Lipinski definition) is 2. The Hall–Kier alpha value is -0.420. The predicted molar refractivity (Wildman–Crippen MR) is 79.8 cm³/mol. The minimum absolute atomic E-state index is 0.635. The van der Waals surface area contributed by atoms with E-state index < -0.39 is 0 Å². The van der Waals surface area contributed by atoms with E-state index in [0.29, 0.717) is 6.04 Å². The zero-order valence-corrected chi connectivity index (χ0v) is 12.5. The summed E-state index contributed by atoms with van der Waals surface area (Å²) in [5.74, 6) is 0. The quantitative estimate of drug-likeness (QED) is 0.813. The lowest BCUT2D eigenvalue weighted by molar-refractivity contribution is 0.231. The first-order chi connectivity index (χ1) is 8.75. The zero-order chi connectivity index (χ0) is 12.8. The molecule has 1 aliphatic rings. The Labute approximate surface area is 118 Å². The molecule has 1 fully saturated rings. The van der Waals surface area contributed by atoms with E-state index in [9.17, 15) is 0 Å². The third-order valence-electron chi connectivity index (χ3n) is 3.40. The molecular formula is C14H22BrN3. The van der Waals surface area contributed by atoms with Crippen LogP contribution in [-0.4, -0.2) is 44.2 Å². The minimum atomic E-state index is 0.635. The number of rotatable bonds is 5. The van der Waals surface area contributed by atoms with Crippen molar-refractivity contribution in [2.75, 3.05) is 33.2 Å². The molecular weight excluding hydrogens is 290 g/mol. The van der Waals surface area contributed by atoms with Crippen LogP contribution < -0.4 is 10.6 Å². The van der Waals surface area contributed by atoms with Crippen molar-refractivity contribution in [2.45, 2.75) is 19.0 Å². The molecule has 0 bridgehead atoms. The standard InChI is InChI=1S/C14H22BrN3/c1-18-9-8-17-13(11-18)6-7-16-10-12-4-2-3-5-14(12)15/h2-5,13,16-17H,6-11H2,1H3. The highest BCUT2D eigenvalue weighted by Gasteiger charge is 2.15. The summed E-state index contributed by atoms with van der Waals surface area (Å²) in [4.78, 5) is 2.40. The summed E-state index contributed by atoms with van der Waals surface area (Å²) >= 11 is 3.57. The number of nitrogens with zero attached hydrogens (tertiary/aromatic N) is 1. The molecule has 2 rings (SSSR count). The van der Waals surface area contributed by atoms with Crippen molar-refractivity contribution in [2.24, 2.45) is 0 Å². The molecule has 0 radical (unpaired) electrons. The van der Waals surface area contributed by atoms with Gasteiger partial charge < -0.3 is 15.5 Å². The predicted octanol–water partition coefficient (Wildman–Crippen LogP) is 1.83. The summed E-state index contributed by atoms with van der Waals surface area (Å²) < 4.78 is 1.19. The van der Waals surface area contributed by atoms with Gasteiger partial charge in [-0.3, -0.25) is 0 Å². The van der Waals surface area contributed by atoms with Gasteiger partial charge in [-0.05, 0) is 31.6 Å². The summed E-state index contributed by atoms with van der Waals surface area (Å²) in [6, 6.07) is 9.02. The highest BCUT2D eigenvalue weighted by atomic mass is 79.9. The Morgan fingerprint density at radius 3 is 3.06 bits per heavy atom. The fourth-order valence-corrected chi connectivity index (χ4v) is 2.75. The van der Waals surface area contributed by atoms with Crippen molar-refractivity contribution >= 4 is 15.9 Å². The van der Waals surface area contributed by atoms with Gasteiger partial charge in [0.2, 0.25) is 0 Å². The van der Waals surface area contributed by atoms with Crippen molar-refractivity contribution < 1.29 is 0 Å². The average Bonchev–Trinajstić information content (AvgIpc) is 2.37. The number of piperazine rings is 1. The maximum atomic E-state index is 3.57. The third-order valence-corrected chi connectivity index (χ3v) is 4.18. The van der Waals surface area contributed by atoms with Crippen LogP contribution in [0.25, 0.3) is 0 Å². The lowest BCUT2D eigenvalue weighted by atomic mass is 10.1. The maximum absolute atomic E-state index is 3.57.